The normalized spacial score (nSPS) is 10.1. The molecule has 0 unspecified atom stereocenters. The van der Waals surface area contributed by atoms with Gasteiger partial charge in [0.2, 0.25) is 5.91 Å². The molecule has 2 heterocycles. The molecule has 23 heavy (non-hydrogen) atoms. The van der Waals surface area contributed by atoms with E-state index in [4.69, 9.17) is 10.5 Å². The third-order valence-corrected chi connectivity index (χ3v) is 3.52. The van der Waals surface area contributed by atoms with Gasteiger partial charge in [0.25, 0.3) is 5.91 Å². The lowest BCUT2D eigenvalue weighted by atomic mass is 10.2. The Bertz CT molecular complexity index is 658. The number of amides is 2. The fraction of sp³-hybridized carbons (Fsp3) is 0.308. The number of carbonyl (C=O) groups is 2. The molecule has 0 saturated heterocycles. The van der Waals surface area contributed by atoms with Crippen molar-refractivity contribution >= 4 is 40.7 Å². The van der Waals surface area contributed by atoms with Gasteiger partial charge in [-0.1, -0.05) is 0 Å². The van der Waals surface area contributed by atoms with Gasteiger partial charge in [0.1, 0.15) is 5.69 Å². The molecule has 0 spiro atoms. The molecule has 126 valence electrons. The summed E-state index contributed by atoms with van der Waals surface area (Å²) >= 11 is 1.31. The van der Waals surface area contributed by atoms with Crippen molar-refractivity contribution in [1.29, 1.82) is 0 Å². The Morgan fingerprint density at radius 1 is 1.48 bits per heavy atom. The minimum Gasteiger partial charge on any atom is -0.383 e. The molecule has 10 heteroatoms. The van der Waals surface area contributed by atoms with Crippen LogP contribution in [0.15, 0.2) is 17.6 Å². The molecule has 2 aromatic heterocycles. The highest BCUT2D eigenvalue weighted by Gasteiger charge is 2.10. The molecule has 2 rings (SSSR count). The van der Waals surface area contributed by atoms with Crippen LogP contribution in [0.25, 0.3) is 11.3 Å². The lowest BCUT2D eigenvalue weighted by molar-refractivity contribution is -0.115. The summed E-state index contributed by atoms with van der Waals surface area (Å²) in [7, 11) is 1.60. The summed E-state index contributed by atoms with van der Waals surface area (Å²) in [6, 6.07) is 1.62. The van der Waals surface area contributed by atoms with Gasteiger partial charge in [-0.25, -0.2) is 4.98 Å². The van der Waals surface area contributed by atoms with E-state index in [1.807, 2.05) is 0 Å². The number of thiazole rings is 1. The van der Waals surface area contributed by atoms with Crippen molar-refractivity contribution in [2.24, 2.45) is 5.73 Å². The minimum atomic E-state index is -0.530. The van der Waals surface area contributed by atoms with Crippen LogP contribution < -0.4 is 16.4 Å². The summed E-state index contributed by atoms with van der Waals surface area (Å²) in [4.78, 5) is 29.8. The number of ether oxygens (including phenoxy) is 1. The Morgan fingerprint density at radius 3 is 2.91 bits per heavy atom. The second kappa shape index (κ2) is 9.26. The number of H-pyrrole nitrogens is 1. The number of nitrogens with two attached hydrogens (primary N) is 1. The number of hydrogen-bond acceptors (Lipinski definition) is 6. The monoisotopic (exact) mass is 359 g/mol. The number of aromatic nitrogens is 2. The first-order valence-corrected chi connectivity index (χ1v) is 7.41. The minimum absolute atomic E-state index is 0. The highest BCUT2D eigenvalue weighted by Crippen LogP contribution is 2.25. The number of hydrogen-bond donors (Lipinski definition) is 4. The number of primary amides is 1. The van der Waals surface area contributed by atoms with Gasteiger partial charge in [-0.05, 0) is 6.07 Å². The van der Waals surface area contributed by atoms with Gasteiger partial charge in [-0.15, -0.1) is 23.7 Å². The maximum Gasteiger partial charge on any atom is 0.265 e. The zero-order chi connectivity index (χ0) is 15.9. The summed E-state index contributed by atoms with van der Waals surface area (Å²) in [5, 5.41) is 7.94. The standard InChI is InChI=1S/C13H17N5O3S.ClH/c1-21-3-2-15-6-11(19)18-13-17-10(7-22-13)8-4-9(12(14)20)16-5-8;/h4-5,7,15-16H,2-3,6H2,1H3,(H2,14,20)(H,17,18,19);1H. The van der Waals surface area contributed by atoms with Gasteiger partial charge in [-0.2, -0.15) is 0 Å². The number of nitrogens with zero attached hydrogens (tertiary/aromatic N) is 1. The van der Waals surface area contributed by atoms with Crippen LogP contribution in [0.3, 0.4) is 0 Å². The number of aromatic amines is 1. The molecule has 0 fully saturated rings. The van der Waals surface area contributed by atoms with E-state index >= 15 is 0 Å². The van der Waals surface area contributed by atoms with Crippen molar-refractivity contribution in [2.75, 3.05) is 32.1 Å². The number of nitrogens with one attached hydrogen (secondary N) is 3. The van der Waals surface area contributed by atoms with Crippen LogP contribution in [0.4, 0.5) is 5.13 Å². The zero-order valence-electron chi connectivity index (χ0n) is 12.4. The first-order chi connectivity index (χ1) is 10.6. The number of anilines is 1. The van der Waals surface area contributed by atoms with E-state index in [0.717, 1.165) is 5.56 Å². The number of methoxy groups -OCH3 is 1. The molecule has 0 aromatic carbocycles. The lowest BCUT2D eigenvalue weighted by Crippen LogP contribution is -2.30. The maximum atomic E-state index is 11.7. The average molecular weight is 360 g/mol. The highest BCUT2D eigenvalue weighted by atomic mass is 35.5. The maximum absolute atomic E-state index is 11.7. The molecule has 0 aliphatic rings. The van der Waals surface area contributed by atoms with Crippen molar-refractivity contribution in [2.45, 2.75) is 0 Å². The van der Waals surface area contributed by atoms with E-state index < -0.39 is 5.91 Å². The molecular weight excluding hydrogens is 342 g/mol. The third-order valence-electron chi connectivity index (χ3n) is 2.76. The van der Waals surface area contributed by atoms with E-state index in [-0.39, 0.29) is 24.9 Å². The van der Waals surface area contributed by atoms with E-state index in [1.54, 1.807) is 24.8 Å². The van der Waals surface area contributed by atoms with Gasteiger partial charge < -0.3 is 26.1 Å². The molecule has 0 aliphatic carbocycles. The van der Waals surface area contributed by atoms with Gasteiger partial charge in [0.15, 0.2) is 5.13 Å². The summed E-state index contributed by atoms with van der Waals surface area (Å²) < 4.78 is 4.87. The fourth-order valence-corrected chi connectivity index (χ4v) is 2.42. The van der Waals surface area contributed by atoms with Gasteiger partial charge in [-0.3, -0.25) is 9.59 Å². The van der Waals surface area contributed by atoms with Crippen LogP contribution in [0.5, 0.6) is 0 Å². The van der Waals surface area contributed by atoms with Crippen molar-refractivity contribution in [1.82, 2.24) is 15.3 Å². The Kier molecular flexibility index (Phi) is 7.69. The zero-order valence-corrected chi connectivity index (χ0v) is 14.1. The molecule has 0 aliphatic heterocycles. The number of carbonyl (C=O) groups excluding carboxylic acids is 2. The molecule has 2 amide bonds. The largest absolute Gasteiger partial charge is 0.383 e. The van der Waals surface area contributed by atoms with E-state index in [9.17, 15) is 9.59 Å². The summed E-state index contributed by atoms with van der Waals surface area (Å²) in [6.07, 6.45) is 1.65. The van der Waals surface area contributed by atoms with Crippen LogP contribution in [-0.2, 0) is 9.53 Å². The van der Waals surface area contributed by atoms with Crippen LogP contribution in [-0.4, -0.2) is 48.6 Å². The second-order valence-corrected chi connectivity index (χ2v) is 5.28. The van der Waals surface area contributed by atoms with Crippen LogP contribution >= 0.6 is 23.7 Å². The summed E-state index contributed by atoms with van der Waals surface area (Å²) in [6.45, 7) is 1.34. The van der Waals surface area contributed by atoms with Crippen molar-refractivity contribution in [3.05, 3.63) is 23.3 Å². The molecule has 0 bridgehead atoms. The van der Waals surface area contributed by atoms with Gasteiger partial charge in [0, 0.05) is 30.8 Å². The van der Waals surface area contributed by atoms with Gasteiger partial charge >= 0.3 is 0 Å². The van der Waals surface area contributed by atoms with Crippen LogP contribution in [0.2, 0.25) is 0 Å². The summed E-state index contributed by atoms with van der Waals surface area (Å²) in [5.41, 5.74) is 6.90. The first kappa shape index (κ1) is 19.1. The Morgan fingerprint density at radius 2 is 2.26 bits per heavy atom. The molecule has 5 N–H and O–H groups in total. The predicted molar refractivity (Wildman–Crippen MR) is 91.0 cm³/mol. The molecule has 8 nitrogen and oxygen atoms in total. The Hall–Kier alpha value is -1.94. The first-order valence-electron chi connectivity index (χ1n) is 6.53. The van der Waals surface area contributed by atoms with Crippen LogP contribution in [0.1, 0.15) is 10.5 Å². The smallest absolute Gasteiger partial charge is 0.265 e. The molecule has 0 atom stereocenters. The predicted octanol–water partition coefficient (Wildman–Crippen LogP) is 0.833. The average Bonchev–Trinajstić information content (AvgIpc) is 3.12. The number of rotatable bonds is 8. The van der Waals surface area contributed by atoms with E-state index in [2.05, 4.69) is 20.6 Å². The molecular formula is C13H18ClN5O3S. The Balaban J connectivity index is 0.00000264. The van der Waals surface area contributed by atoms with Crippen LogP contribution in [0, 0.1) is 0 Å². The molecule has 2 aromatic rings. The second-order valence-electron chi connectivity index (χ2n) is 4.42. The summed E-state index contributed by atoms with van der Waals surface area (Å²) in [5.74, 6) is -0.707. The topological polar surface area (TPSA) is 122 Å². The Labute approximate surface area is 143 Å². The fourth-order valence-electron chi connectivity index (χ4n) is 1.69. The lowest BCUT2D eigenvalue weighted by Gasteiger charge is -2.03. The van der Waals surface area contributed by atoms with Crippen molar-refractivity contribution in [3.8, 4) is 11.3 Å². The molecule has 0 saturated carbocycles. The number of halogens is 1. The van der Waals surface area contributed by atoms with Crippen molar-refractivity contribution in [3.63, 3.8) is 0 Å². The van der Waals surface area contributed by atoms with Gasteiger partial charge in [0.05, 0.1) is 18.8 Å². The van der Waals surface area contributed by atoms with E-state index in [0.29, 0.717) is 29.7 Å². The quantitative estimate of drug-likeness (QED) is 0.520. The highest BCUT2D eigenvalue weighted by molar-refractivity contribution is 7.14. The third kappa shape index (κ3) is 5.64. The SMILES string of the molecule is COCCNCC(=O)Nc1nc(-c2c[nH]c(C(N)=O)c2)cs1.Cl. The molecule has 0 radical (unpaired) electrons. The van der Waals surface area contributed by atoms with E-state index in [1.165, 1.54) is 11.3 Å². The van der Waals surface area contributed by atoms with Crippen molar-refractivity contribution < 1.29 is 14.3 Å².